The van der Waals surface area contributed by atoms with Gasteiger partial charge in [-0.15, -0.1) is 0 Å². The number of nitrogens with zero attached hydrogens (tertiary/aromatic N) is 2. The van der Waals surface area contributed by atoms with Crippen LogP contribution in [0.15, 0.2) is 66.9 Å². The molecule has 0 bridgehead atoms. The molecule has 7 heteroatoms. The van der Waals surface area contributed by atoms with Gasteiger partial charge in [0.1, 0.15) is 11.9 Å². The highest BCUT2D eigenvalue weighted by Crippen LogP contribution is 2.19. The molecule has 7 nitrogen and oxygen atoms in total. The second-order valence-corrected chi connectivity index (χ2v) is 5.93. The molecule has 0 unspecified atom stereocenters. The summed E-state index contributed by atoms with van der Waals surface area (Å²) in [6.07, 6.45) is 1.46. The number of anilines is 4. The Hall–Kier alpha value is -4.18. The van der Waals surface area contributed by atoms with Crippen LogP contribution in [0.25, 0.3) is 0 Å². The van der Waals surface area contributed by atoms with Gasteiger partial charge in [-0.25, -0.2) is 4.98 Å². The lowest BCUT2D eigenvalue weighted by atomic mass is 10.2. The Morgan fingerprint density at radius 3 is 2.21 bits per heavy atom. The molecule has 28 heavy (non-hydrogen) atoms. The van der Waals surface area contributed by atoms with E-state index >= 15 is 0 Å². The number of nitriles is 1. The quantitative estimate of drug-likeness (QED) is 0.630. The van der Waals surface area contributed by atoms with Crippen molar-refractivity contribution in [3.63, 3.8) is 0 Å². The Morgan fingerprint density at radius 1 is 0.929 bits per heavy atom. The van der Waals surface area contributed by atoms with Crippen LogP contribution in [0.1, 0.15) is 22.8 Å². The summed E-state index contributed by atoms with van der Waals surface area (Å²) in [7, 11) is 0. The van der Waals surface area contributed by atoms with Crippen molar-refractivity contribution in [1.29, 1.82) is 5.26 Å². The Balaban J connectivity index is 1.65. The number of carbonyl (C=O) groups is 2. The summed E-state index contributed by atoms with van der Waals surface area (Å²) >= 11 is 0. The van der Waals surface area contributed by atoms with Gasteiger partial charge in [-0.3, -0.25) is 9.59 Å². The van der Waals surface area contributed by atoms with Crippen molar-refractivity contribution < 1.29 is 9.59 Å². The summed E-state index contributed by atoms with van der Waals surface area (Å²) in [5.74, 6) is 0.0663. The molecule has 0 spiro atoms. The largest absolute Gasteiger partial charge is 0.339 e. The van der Waals surface area contributed by atoms with Gasteiger partial charge < -0.3 is 16.0 Å². The second kappa shape index (κ2) is 8.47. The molecule has 0 radical (unpaired) electrons. The topological polar surface area (TPSA) is 107 Å². The molecule has 0 saturated heterocycles. The minimum absolute atomic E-state index is 0.158. The average Bonchev–Trinajstić information content (AvgIpc) is 2.70. The third kappa shape index (κ3) is 4.71. The zero-order valence-corrected chi connectivity index (χ0v) is 15.1. The van der Waals surface area contributed by atoms with Gasteiger partial charge in [0.15, 0.2) is 0 Å². The van der Waals surface area contributed by atoms with E-state index in [9.17, 15) is 9.59 Å². The van der Waals surface area contributed by atoms with Crippen LogP contribution in [0.4, 0.5) is 22.9 Å². The molecule has 1 heterocycles. The summed E-state index contributed by atoms with van der Waals surface area (Å²) in [5.41, 5.74) is 2.80. The fourth-order valence-electron chi connectivity index (χ4n) is 2.47. The monoisotopic (exact) mass is 371 g/mol. The van der Waals surface area contributed by atoms with Crippen LogP contribution >= 0.6 is 0 Å². The normalized spacial score (nSPS) is 9.86. The van der Waals surface area contributed by atoms with Gasteiger partial charge >= 0.3 is 0 Å². The van der Waals surface area contributed by atoms with Crippen LogP contribution in [0.2, 0.25) is 0 Å². The van der Waals surface area contributed by atoms with E-state index in [4.69, 9.17) is 5.26 Å². The first-order valence-electron chi connectivity index (χ1n) is 8.46. The van der Waals surface area contributed by atoms with Crippen molar-refractivity contribution in [3.8, 4) is 6.07 Å². The highest BCUT2D eigenvalue weighted by atomic mass is 16.2. The Bertz CT molecular complexity index is 1040. The summed E-state index contributed by atoms with van der Waals surface area (Å²) in [4.78, 5) is 27.6. The minimum atomic E-state index is -0.302. The number of rotatable bonds is 5. The molecule has 0 atom stereocenters. The van der Waals surface area contributed by atoms with Crippen LogP contribution in [0.3, 0.4) is 0 Å². The molecule has 138 valence electrons. The molecule has 0 aliphatic carbocycles. The molecule has 0 fully saturated rings. The average molecular weight is 371 g/mol. The van der Waals surface area contributed by atoms with Crippen LogP contribution in [0, 0.1) is 11.3 Å². The van der Waals surface area contributed by atoms with Gasteiger partial charge in [0, 0.05) is 24.5 Å². The van der Waals surface area contributed by atoms with E-state index in [-0.39, 0.29) is 11.8 Å². The van der Waals surface area contributed by atoms with Crippen molar-refractivity contribution in [3.05, 3.63) is 78.0 Å². The molecule has 0 aliphatic heterocycles. The first kappa shape index (κ1) is 18.6. The van der Waals surface area contributed by atoms with Crippen LogP contribution in [-0.2, 0) is 4.79 Å². The molecule has 3 rings (SSSR count). The van der Waals surface area contributed by atoms with E-state index < -0.39 is 0 Å². The van der Waals surface area contributed by atoms with Crippen molar-refractivity contribution in [2.24, 2.45) is 0 Å². The number of para-hydroxylation sites is 1. The maximum atomic E-state index is 12.4. The third-order valence-electron chi connectivity index (χ3n) is 3.80. The summed E-state index contributed by atoms with van der Waals surface area (Å²) in [5, 5.41) is 17.6. The number of aromatic nitrogens is 1. The first-order valence-corrected chi connectivity index (χ1v) is 8.46. The standard InChI is InChI=1S/C21H17N5O2/c1-14(27)24-17-7-9-18(10-8-17)25-21(28)16-6-11-20(23-13-16)26-19-5-3-2-4-15(19)12-22/h2-11,13H,1H3,(H,23,26)(H,24,27)(H,25,28). The molecular formula is C21H17N5O2. The smallest absolute Gasteiger partial charge is 0.257 e. The van der Waals surface area contributed by atoms with Gasteiger partial charge in [0.25, 0.3) is 5.91 Å². The van der Waals surface area contributed by atoms with Gasteiger partial charge in [0.05, 0.1) is 16.8 Å². The lowest BCUT2D eigenvalue weighted by Gasteiger charge is -2.09. The molecule has 0 aliphatic rings. The Labute approximate surface area is 162 Å². The Kier molecular flexibility index (Phi) is 5.63. The molecule has 2 aromatic carbocycles. The molecule has 2 amide bonds. The van der Waals surface area contributed by atoms with Crippen molar-refractivity contribution >= 4 is 34.7 Å². The fourth-order valence-corrected chi connectivity index (χ4v) is 2.47. The maximum Gasteiger partial charge on any atom is 0.257 e. The van der Waals surface area contributed by atoms with E-state index in [1.165, 1.54) is 13.1 Å². The van der Waals surface area contributed by atoms with Crippen molar-refractivity contribution in [2.75, 3.05) is 16.0 Å². The Morgan fingerprint density at radius 2 is 1.61 bits per heavy atom. The maximum absolute atomic E-state index is 12.4. The lowest BCUT2D eigenvalue weighted by Crippen LogP contribution is -2.12. The number of amides is 2. The number of carbonyl (C=O) groups excluding carboxylic acids is 2. The predicted molar refractivity (Wildman–Crippen MR) is 107 cm³/mol. The molecular weight excluding hydrogens is 354 g/mol. The van der Waals surface area contributed by atoms with Gasteiger partial charge in [-0.1, -0.05) is 12.1 Å². The molecule has 3 N–H and O–H groups in total. The zero-order chi connectivity index (χ0) is 19.9. The van der Waals surface area contributed by atoms with Gasteiger partial charge in [-0.05, 0) is 48.5 Å². The fraction of sp³-hybridized carbons (Fsp3) is 0.0476. The number of benzene rings is 2. The van der Waals surface area contributed by atoms with Crippen LogP contribution in [0.5, 0.6) is 0 Å². The number of hydrogen-bond acceptors (Lipinski definition) is 5. The van der Waals surface area contributed by atoms with E-state index in [1.807, 2.05) is 6.07 Å². The zero-order valence-electron chi connectivity index (χ0n) is 15.1. The predicted octanol–water partition coefficient (Wildman–Crippen LogP) is 3.91. The van der Waals surface area contributed by atoms with E-state index in [2.05, 4.69) is 27.0 Å². The highest BCUT2D eigenvalue weighted by Gasteiger charge is 2.08. The minimum Gasteiger partial charge on any atom is -0.339 e. The van der Waals surface area contributed by atoms with E-state index in [0.717, 1.165) is 0 Å². The molecule has 3 aromatic rings. The number of pyridine rings is 1. The lowest BCUT2D eigenvalue weighted by molar-refractivity contribution is -0.114. The SMILES string of the molecule is CC(=O)Nc1ccc(NC(=O)c2ccc(Nc3ccccc3C#N)nc2)cc1. The number of hydrogen-bond donors (Lipinski definition) is 3. The second-order valence-electron chi connectivity index (χ2n) is 5.93. The summed E-state index contributed by atoms with van der Waals surface area (Å²) < 4.78 is 0. The van der Waals surface area contributed by atoms with E-state index in [1.54, 1.807) is 54.6 Å². The number of nitrogens with one attached hydrogen (secondary N) is 3. The van der Waals surface area contributed by atoms with Crippen LogP contribution < -0.4 is 16.0 Å². The highest BCUT2D eigenvalue weighted by molar-refractivity contribution is 6.04. The molecule has 0 saturated carbocycles. The van der Waals surface area contributed by atoms with Crippen molar-refractivity contribution in [2.45, 2.75) is 6.92 Å². The van der Waals surface area contributed by atoms with Crippen LogP contribution in [-0.4, -0.2) is 16.8 Å². The van der Waals surface area contributed by atoms with Gasteiger partial charge in [0.2, 0.25) is 5.91 Å². The summed E-state index contributed by atoms with van der Waals surface area (Å²) in [6.45, 7) is 1.43. The van der Waals surface area contributed by atoms with E-state index in [0.29, 0.717) is 34.0 Å². The summed E-state index contributed by atoms with van der Waals surface area (Å²) in [6, 6.07) is 19.3. The van der Waals surface area contributed by atoms with Crippen molar-refractivity contribution in [1.82, 2.24) is 4.98 Å². The first-order chi connectivity index (χ1) is 13.5. The van der Waals surface area contributed by atoms with Gasteiger partial charge in [-0.2, -0.15) is 5.26 Å². The third-order valence-corrected chi connectivity index (χ3v) is 3.80. The molecule has 1 aromatic heterocycles.